The molecule has 8 nitrogen and oxygen atoms in total. The third-order valence-corrected chi connectivity index (χ3v) is 4.52. The van der Waals surface area contributed by atoms with Crippen molar-refractivity contribution in [3.63, 3.8) is 0 Å². The van der Waals surface area contributed by atoms with Crippen LogP contribution in [0.3, 0.4) is 0 Å². The van der Waals surface area contributed by atoms with Crippen LogP contribution in [0.25, 0.3) is 0 Å². The van der Waals surface area contributed by atoms with Gasteiger partial charge in [-0.05, 0) is 45.9 Å². The minimum Gasteiger partial charge on any atom is -0.496 e. The van der Waals surface area contributed by atoms with Gasteiger partial charge >= 0.3 is 5.97 Å². The number of benzene rings is 2. The molecule has 1 N–H and O–H groups in total. The molecule has 2 aromatic rings. The highest BCUT2D eigenvalue weighted by molar-refractivity contribution is 6.34. The quantitative estimate of drug-likeness (QED) is 0.468. The molecule has 0 heterocycles. The molecule has 2 aromatic carbocycles. The van der Waals surface area contributed by atoms with Crippen molar-refractivity contribution in [2.45, 2.75) is 27.7 Å². The largest absolute Gasteiger partial charge is 0.496 e. The molecule has 0 fully saturated rings. The normalized spacial score (nSPS) is 10.3. The Kier molecular flexibility index (Phi) is 9.46. The Balaban J connectivity index is 2.42. The Bertz CT molecular complexity index is 935. The van der Waals surface area contributed by atoms with Gasteiger partial charge in [-0.1, -0.05) is 11.6 Å². The van der Waals surface area contributed by atoms with Gasteiger partial charge in [0.05, 0.1) is 44.2 Å². The van der Waals surface area contributed by atoms with E-state index in [0.29, 0.717) is 37.1 Å². The fraction of sp³-hybridized carbons (Fsp3) is 0.391. The van der Waals surface area contributed by atoms with Gasteiger partial charge in [0.2, 0.25) is 5.75 Å². The summed E-state index contributed by atoms with van der Waals surface area (Å²) in [5.41, 5.74) is 0.715. The molecule has 0 bridgehead atoms. The van der Waals surface area contributed by atoms with E-state index in [1.165, 1.54) is 19.2 Å². The molecule has 0 saturated carbocycles. The van der Waals surface area contributed by atoms with E-state index in [1.807, 2.05) is 20.8 Å². The summed E-state index contributed by atoms with van der Waals surface area (Å²) in [7, 11) is 1.41. The van der Waals surface area contributed by atoms with Crippen molar-refractivity contribution in [3.05, 3.63) is 40.4 Å². The molecule has 9 heteroatoms. The van der Waals surface area contributed by atoms with E-state index < -0.39 is 11.9 Å². The number of esters is 1. The van der Waals surface area contributed by atoms with Gasteiger partial charge in [-0.2, -0.15) is 0 Å². The molecule has 0 aromatic heterocycles. The lowest BCUT2D eigenvalue weighted by molar-refractivity contribution is 0.0522. The van der Waals surface area contributed by atoms with Crippen molar-refractivity contribution in [2.24, 2.45) is 0 Å². The molecule has 0 aliphatic heterocycles. The van der Waals surface area contributed by atoms with E-state index in [9.17, 15) is 9.59 Å². The molecule has 32 heavy (non-hydrogen) atoms. The van der Waals surface area contributed by atoms with Crippen molar-refractivity contribution in [1.29, 1.82) is 0 Å². The van der Waals surface area contributed by atoms with Crippen LogP contribution in [0.1, 0.15) is 48.4 Å². The van der Waals surface area contributed by atoms with Crippen LogP contribution in [0.15, 0.2) is 24.3 Å². The van der Waals surface area contributed by atoms with Gasteiger partial charge < -0.3 is 29.0 Å². The van der Waals surface area contributed by atoms with Gasteiger partial charge in [0.15, 0.2) is 11.5 Å². The highest BCUT2D eigenvalue weighted by Gasteiger charge is 2.21. The van der Waals surface area contributed by atoms with Crippen LogP contribution in [0, 0.1) is 0 Å². The summed E-state index contributed by atoms with van der Waals surface area (Å²) in [6, 6.07) is 6.01. The number of halogens is 1. The molecular weight excluding hydrogens is 438 g/mol. The minimum absolute atomic E-state index is 0.156. The molecule has 0 aliphatic carbocycles. The van der Waals surface area contributed by atoms with Crippen molar-refractivity contribution in [2.75, 3.05) is 38.9 Å². The summed E-state index contributed by atoms with van der Waals surface area (Å²) in [6.45, 7) is 8.60. The first-order valence-corrected chi connectivity index (χ1v) is 10.7. The Morgan fingerprint density at radius 1 is 0.844 bits per heavy atom. The zero-order valence-corrected chi connectivity index (χ0v) is 19.6. The Morgan fingerprint density at radius 2 is 1.44 bits per heavy atom. The number of amides is 1. The van der Waals surface area contributed by atoms with Gasteiger partial charge in [-0.15, -0.1) is 0 Å². The lowest BCUT2D eigenvalue weighted by Crippen LogP contribution is -2.14. The number of hydrogen-bond donors (Lipinski definition) is 1. The molecule has 1 amide bonds. The Morgan fingerprint density at radius 3 is 1.94 bits per heavy atom. The first-order chi connectivity index (χ1) is 15.4. The molecule has 0 saturated heterocycles. The number of nitrogens with one attached hydrogen (secondary N) is 1. The van der Waals surface area contributed by atoms with Gasteiger partial charge in [0.25, 0.3) is 5.91 Å². The lowest BCUT2D eigenvalue weighted by atomic mass is 10.1. The molecule has 0 aliphatic rings. The maximum absolute atomic E-state index is 13.0. The summed E-state index contributed by atoms with van der Waals surface area (Å²) in [6.07, 6.45) is 0. The van der Waals surface area contributed by atoms with Crippen LogP contribution in [0.5, 0.6) is 23.0 Å². The van der Waals surface area contributed by atoms with Crippen molar-refractivity contribution < 1.29 is 33.3 Å². The molecular formula is C23H28ClNO7. The summed E-state index contributed by atoms with van der Waals surface area (Å²) < 4.78 is 27.3. The minimum atomic E-state index is -0.571. The topological polar surface area (TPSA) is 92.3 Å². The van der Waals surface area contributed by atoms with Gasteiger partial charge in [0.1, 0.15) is 11.3 Å². The van der Waals surface area contributed by atoms with Crippen LogP contribution < -0.4 is 24.3 Å². The fourth-order valence-electron chi connectivity index (χ4n) is 2.90. The number of rotatable bonds is 11. The monoisotopic (exact) mass is 465 g/mol. The van der Waals surface area contributed by atoms with Crippen LogP contribution in [-0.4, -0.2) is 45.4 Å². The van der Waals surface area contributed by atoms with Crippen LogP contribution in [0.2, 0.25) is 5.02 Å². The second kappa shape index (κ2) is 12.0. The van der Waals surface area contributed by atoms with E-state index >= 15 is 0 Å². The van der Waals surface area contributed by atoms with Crippen LogP contribution >= 0.6 is 11.6 Å². The van der Waals surface area contributed by atoms with E-state index in [2.05, 4.69) is 5.32 Å². The zero-order chi connectivity index (χ0) is 23.7. The third kappa shape index (κ3) is 5.97. The average molecular weight is 466 g/mol. The molecule has 0 radical (unpaired) electrons. The molecule has 0 spiro atoms. The molecule has 174 valence electrons. The zero-order valence-electron chi connectivity index (χ0n) is 18.9. The smallest absolute Gasteiger partial charge is 0.341 e. The number of anilines is 1. The second-order valence-corrected chi connectivity index (χ2v) is 6.71. The van der Waals surface area contributed by atoms with E-state index in [1.54, 1.807) is 19.1 Å². The average Bonchev–Trinajstić information content (AvgIpc) is 2.77. The van der Waals surface area contributed by atoms with Crippen molar-refractivity contribution in [1.82, 2.24) is 0 Å². The fourth-order valence-corrected chi connectivity index (χ4v) is 3.11. The summed E-state index contributed by atoms with van der Waals surface area (Å²) in [5.74, 6) is 0.422. The molecule has 0 unspecified atom stereocenters. The van der Waals surface area contributed by atoms with Gasteiger partial charge in [-0.3, -0.25) is 4.79 Å². The predicted octanol–water partition coefficient (Wildman–Crippen LogP) is 4.97. The lowest BCUT2D eigenvalue weighted by Gasteiger charge is -2.17. The number of carbonyl (C=O) groups is 2. The Labute approximate surface area is 192 Å². The first kappa shape index (κ1) is 25.1. The van der Waals surface area contributed by atoms with Crippen molar-refractivity contribution in [3.8, 4) is 23.0 Å². The number of methoxy groups -OCH3 is 1. The highest BCUT2D eigenvalue weighted by atomic mass is 35.5. The van der Waals surface area contributed by atoms with E-state index in [0.717, 1.165) is 0 Å². The second-order valence-electron chi connectivity index (χ2n) is 6.31. The first-order valence-electron chi connectivity index (χ1n) is 10.3. The third-order valence-electron chi connectivity index (χ3n) is 4.20. The van der Waals surface area contributed by atoms with Crippen LogP contribution in [0.4, 0.5) is 5.69 Å². The van der Waals surface area contributed by atoms with Gasteiger partial charge in [0, 0.05) is 11.6 Å². The molecule has 2 rings (SSSR count). The predicted molar refractivity (Wildman–Crippen MR) is 122 cm³/mol. The van der Waals surface area contributed by atoms with Crippen molar-refractivity contribution >= 4 is 29.2 Å². The summed E-state index contributed by atoms with van der Waals surface area (Å²) in [5, 5.41) is 2.89. The Hall–Kier alpha value is -3.13. The molecule has 0 atom stereocenters. The summed E-state index contributed by atoms with van der Waals surface area (Å²) in [4.78, 5) is 25.1. The number of hydrogen-bond acceptors (Lipinski definition) is 7. The van der Waals surface area contributed by atoms with E-state index in [4.69, 9.17) is 35.3 Å². The number of carbonyl (C=O) groups excluding carboxylic acids is 2. The van der Waals surface area contributed by atoms with Crippen LogP contribution in [-0.2, 0) is 4.74 Å². The summed E-state index contributed by atoms with van der Waals surface area (Å²) >= 11 is 6.32. The van der Waals surface area contributed by atoms with E-state index in [-0.39, 0.29) is 34.2 Å². The SMILES string of the molecule is CCOC(=O)c1cc(Cl)c(NC(=O)c2cc(OCC)c(OCC)c(OCC)c2)cc1OC. The number of ether oxygens (including phenoxy) is 5. The standard InChI is InChI=1S/C23H28ClNO7/c1-6-29-19-10-14(11-20(30-7-2)21(19)31-8-3)22(26)25-17-13-18(28-5)15(12-16(17)24)23(27)32-9-4/h10-13H,6-9H2,1-5H3,(H,25,26). The maximum Gasteiger partial charge on any atom is 0.341 e. The highest BCUT2D eigenvalue weighted by Crippen LogP contribution is 2.39. The maximum atomic E-state index is 13.0. The van der Waals surface area contributed by atoms with Gasteiger partial charge in [-0.25, -0.2) is 4.79 Å².